The molecule has 0 atom stereocenters. The molecule has 4 aromatic carbocycles. The van der Waals surface area contributed by atoms with Gasteiger partial charge in [-0.25, -0.2) is 9.97 Å². The summed E-state index contributed by atoms with van der Waals surface area (Å²) in [6.45, 7) is 0. The van der Waals surface area contributed by atoms with Crippen molar-refractivity contribution in [3.05, 3.63) is 94.8 Å². The molecule has 128 valence electrons. The average Bonchev–Trinajstić information content (AvgIpc) is 2.72. The van der Waals surface area contributed by atoms with Gasteiger partial charge in [0.05, 0.1) is 11.4 Å². The number of rotatable bonds is 2. The molecule has 0 spiro atoms. The van der Waals surface area contributed by atoms with Crippen LogP contribution in [0.5, 0.6) is 0 Å². The molecule has 0 radical (unpaired) electrons. The molecule has 0 unspecified atom stereocenters. The third kappa shape index (κ3) is 3.08. The van der Waals surface area contributed by atoms with Crippen molar-refractivity contribution in [2.45, 2.75) is 0 Å². The fraction of sp³-hybridized carbons (Fsp3) is 0. The predicted octanol–water partition coefficient (Wildman–Crippen LogP) is 6.72. The summed E-state index contributed by atoms with van der Waals surface area (Å²) in [4.78, 5) is 9.41. The van der Waals surface area contributed by atoms with E-state index in [4.69, 9.17) is 9.97 Å². The Balaban J connectivity index is 1.70. The Morgan fingerprint density at radius 3 is 2.15 bits per heavy atom. The van der Waals surface area contributed by atoms with E-state index in [0.717, 1.165) is 26.3 Å². The second kappa shape index (κ2) is 6.74. The Morgan fingerprint density at radius 1 is 0.556 bits per heavy atom. The van der Waals surface area contributed by atoms with E-state index in [1.54, 1.807) is 0 Å². The van der Waals surface area contributed by atoms with Crippen LogP contribution in [0, 0.1) is 3.83 Å². The van der Waals surface area contributed by atoms with Crippen molar-refractivity contribution in [2.75, 3.05) is 0 Å². The van der Waals surface area contributed by atoms with Crippen LogP contribution in [0.3, 0.4) is 0 Å². The van der Waals surface area contributed by atoms with Gasteiger partial charge < -0.3 is 0 Å². The van der Waals surface area contributed by atoms with Gasteiger partial charge in [-0.05, 0) is 33.7 Å². The van der Waals surface area contributed by atoms with Gasteiger partial charge in [-0.15, -0.1) is 0 Å². The summed E-state index contributed by atoms with van der Waals surface area (Å²) in [6.07, 6.45) is 0. The monoisotopic (exact) mass is 458 g/mol. The zero-order chi connectivity index (χ0) is 18.2. The van der Waals surface area contributed by atoms with E-state index >= 15 is 0 Å². The highest BCUT2D eigenvalue weighted by molar-refractivity contribution is 14.1. The second-order valence-corrected chi connectivity index (χ2v) is 7.46. The molecule has 0 saturated heterocycles. The van der Waals surface area contributed by atoms with Crippen molar-refractivity contribution in [3.63, 3.8) is 0 Å². The number of aromatic nitrogens is 2. The smallest absolute Gasteiger partial charge is 0.191 e. The van der Waals surface area contributed by atoms with Crippen LogP contribution in [0.15, 0.2) is 91.0 Å². The van der Waals surface area contributed by atoms with Crippen LogP contribution in [0.25, 0.3) is 44.1 Å². The lowest BCUT2D eigenvalue weighted by Crippen LogP contribution is -1.95. The Morgan fingerprint density at radius 2 is 1.26 bits per heavy atom. The molecule has 5 aromatic rings. The minimum Gasteiger partial charge on any atom is -0.223 e. The van der Waals surface area contributed by atoms with Gasteiger partial charge in [-0.1, -0.05) is 78.9 Å². The molecule has 0 bridgehead atoms. The van der Waals surface area contributed by atoms with Gasteiger partial charge in [0, 0.05) is 33.7 Å². The van der Waals surface area contributed by atoms with E-state index in [1.807, 2.05) is 0 Å². The highest BCUT2D eigenvalue weighted by atomic mass is 127. The molecule has 0 saturated carbocycles. The number of halogens is 1. The molecule has 0 fully saturated rings. The molecule has 3 heteroatoms. The SMILES string of the molecule is Ic1nc(-c2ccc3ccccc3c2)cc(-c2cccc3ccccc23)n1. The molecule has 0 aliphatic carbocycles. The lowest BCUT2D eigenvalue weighted by molar-refractivity contribution is 1.12. The van der Waals surface area contributed by atoms with Crippen molar-refractivity contribution < 1.29 is 0 Å². The van der Waals surface area contributed by atoms with Crippen molar-refractivity contribution >= 4 is 44.1 Å². The summed E-state index contributed by atoms with van der Waals surface area (Å²) in [5.74, 6) is 0. The maximum Gasteiger partial charge on any atom is 0.191 e. The lowest BCUT2D eigenvalue weighted by atomic mass is 10.00. The summed E-state index contributed by atoms with van der Waals surface area (Å²) in [7, 11) is 0. The minimum atomic E-state index is 0.751. The van der Waals surface area contributed by atoms with E-state index in [1.165, 1.54) is 21.5 Å². The first-order chi connectivity index (χ1) is 13.3. The number of hydrogen-bond donors (Lipinski definition) is 0. The first kappa shape index (κ1) is 16.4. The number of benzene rings is 4. The first-order valence-corrected chi connectivity index (χ1v) is 9.88. The number of hydrogen-bond acceptors (Lipinski definition) is 2. The van der Waals surface area contributed by atoms with Crippen LogP contribution in [-0.2, 0) is 0 Å². The summed E-state index contributed by atoms with van der Waals surface area (Å²) in [5, 5.41) is 4.88. The van der Waals surface area contributed by atoms with E-state index in [-0.39, 0.29) is 0 Å². The van der Waals surface area contributed by atoms with Gasteiger partial charge in [-0.2, -0.15) is 0 Å². The van der Waals surface area contributed by atoms with Crippen LogP contribution in [-0.4, -0.2) is 9.97 Å². The van der Waals surface area contributed by atoms with E-state index < -0.39 is 0 Å². The Hall–Kier alpha value is -2.79. The topological polar surface area (TPSA) is 25.8 Å². The Labute approximate surface area is 171 Å². The molecular formula is C24H15IN2. The van der Waals surface area contributed by atoms with E-state index in [2.05, 4.69) is 114 Å². The maximum absolute atomic E-state index is 4.72. The van der Waals surface area contributed by atoms with Gasteiger partial charge >= 0.3 is 0 Å². The van der Waals surface area contributed by atoms with Crippen LogP contribution >= 0.6 is 22.6 Å². The molecule has 0 amide bonds. The summed E-state index contributed by atoms with van der Waals surface area (Å²) >= 11 is 2.20. The molecule has 0 aliphatic rings. The number of nitrogens with zero attached hydrogens (tertiary/aromatic N) is 2. The average molecular weight is 458 g/mol. The fourth-order valence-electron chi connectivity index (χ4n) is 3.50. The van der Waals surface area contributed by atoms with Crippen molar-refractivity contribution in [1.82, 2.24) is 9.97 Å². The van der Waals surface area contributed by atoms with Gasteiger partial charge in [0.2, 0.25) is 0 Å². The zero-order valence-corrected chi connectivity index (χ0v) is 16.6. The minimum absolute atomic E-state index is 0.751. The van der Waals surface area contributed by atoms with Gasteiger partial charge in [-0.3, -0.25) is 0 Å². The largest absolute Gasteiger partial charge is 0.223 e. The summed E-state index contributed by atoms with van der Waals surface area (Å²) in [5.41, 5.74) is 4.14. The fourth-order valence-corrected chi connectivity index (χ4v) is 4.02. The van der Waals surface area contributed by atoms with Crippen LogP contribution in [0.1, 0.15) is 0 Å². The zero-order valence-electron chi connectivity index (χ0n) is 14.4. The molecule has 1 aromatic heterocycles. The molecule has 27 heavy (non-hydrogen) atoms. The van der Waals surface area contributed by atoms with Crippen molar-refractivity contribution in [2.24, 2.45) is 0 Å². The summed E-state index contributed by atoms with van der Waals surface area (Å²) in [6, 6.07) is 31.7. The number of fused-ring (bicyclic) bond motifs is 2. The van der Waals surface area contributed by atoms with Gasteiger partial charge in [0.25, 0.3) is 0 Å². The quantitative estimate of drug-likeness (QED) is 0.217. The normalized spacial score (nSPS) is 11.1. The molecule has 1 heterocycles. The van der Waals surface area contributed by atoms with Crippen LogP contribution in [0.2, 0.25) is 0 Å². The predicted molar refractivity (Wildman–Crippen MR) is 121 cm³/mol. The molecular weight excluding hydrogens is 443 g/mol. The van der Waals surface area contributed by atoms with Crippen LogP contribution in [0.4, 0.5) is 0 Å². The first-order valence-electron chi connectivity index (χ1n) is 8.80. The summed E-state index contributed by atoms with van der Waals surface area (Å²) < 4.78 is 0.751. The van der Waals surface area contributed by atoms with E-state index in [9.17, 15) is 0 Å². The van der Waals surface area contributed by atoms with Crippen molar-refractivity contribution in [1.29, 1.82) is 0 Å². The van der Waals surface area contributed by atoms with Gasteiger partial charge in [0.1, 0.15) is 0 Å². The highest BCUT2D eigenvalue weighted by Gasteiger charge is 2.10. The highest BCUT2D eigenvalue weighted by Crippen LogP contribution is 2.31. The molecule has 0 N–H and O–H groups in total. The van der Waals surface area contributed by atoms with Gasteiger partial charge in [0.15, 0.2) is 3.83 Å². The third-order valence-corrected chi connectivity index (χ3v) is 5.29. The lowest BCUT2D eigenvalue weighted by Gasteiger charge is -2.09. The maximum atomic E-state index is 4.72. The third-order valence-electron chi connectivity index (χ3n) is 4.81. The molecule has 5 rings (SSSR count). The second-order valence-electron chi connectivity index (χ2n) is 6.50. The van der Waals surface area contributed by atoms with Crippen LogP contribution < -0.4 is 0 Å². The Bertz CT molecular complexity index is 1290. The standard InChI is InChI=1S/C24H15IN2/c25-24-26-22(19-13-12-16-6-1-2-8-18(16)14-19)15-23(27-24)21-11-5-9-17-7-3-4-10-20(17)21/h1-15H. The molecule has 2 nitrogen and oxygen atoms in total. The van der Waals surface area contributed by atoms with E-state index in [0.29, 0.717) is 0 Å². The molecule has 0 aliphatic heterocycles. The van der Waals surface area contributed by atoms with Crippen molar-refractivity contribution in [3.8, 4) is 22.5 Å². The Kier molecular flexibility index (Phi) is 4.09.